The van der Waals surface area contributed by atoms with Crippen molar-refractivity contribution in [3.8, 4) is 0 Å². The number of rotatable bonds is 2. The molecule has 1 rings (SSSR count). The number of hydrogen-bond acceptors (Lipinski definition) is 1. The molecule has 0 fully saturated rings. The molecule has 1 nitrogen and oxygen atoms in total. The third-order valence-corrected chi connectivity index (χ3v) is 2.24. The van der Waals surface area contributed by atoms with E-state index in [1.165, 1.54) is 0 Å². The quantitative estimate of drug-likeness (QED) is 0.480. The van der Waals surface area contributed by atoms with Crippen LogP contribution in [0.3, 0.4) is 0 Å². The molecule has 1 aliphatic rings. The summed E-state index contributed by atoms with van der Waals surface area (Å²) in [6.07, 6.45) is 3.79. The van der Waals surface area contributed by atoms with Crippen molar-refractivity contribution in [2.45, 2.75) is 32.5 Å². The molecule has 0 N–H and O–H groups in total. The molecule has 0 aliphatic heterocycles. The van der Waals surface area contributed by atoms with E-state index >= 15 is 0 Å². The highest BCUT2D eigenvalue weighted by Crippen LogP contribution is 2.14. The Morgan fingerprint density at radius 2 is 2.08 bits per heavy atom. The van der Waals surface area contributed by atoms with Gasteiger partial charge in [-0.2, -0.15) is 0 Å². The molecular formula is C11H14OSi. The van der Waals surface area contributed by atoms with Crippen molar-refractivity contribution in [2.75, 3.05) is 0 Å². The average molecular weight is 190 g/mol. The Morgan fingerprint density at radius 1 is 1.31 bits per heavy atom. The van der Waals surface area contributed by atoms with Gasteiger partial charge >= 0.3 is 0 Å². The van der Waals surface area contributed by atoms with Crippen molar-refractivity contribution in [1.29, 1.82) is 0 Å². The first kappa shape index (κ1) is 9.96. The lowest BCUT2D eigenvalue weighted by atomic mass is 10.2. The van der Waals surface area contributed by atoms with Crippen LogP contribution >= 0.6 is 0 Å². The van der Waals surface area contributed by atoms with Crippen molar-refractivity contribution in [1.82, 2.24) is 0 Å². The molecule has 0 bridgehead atoms. The van der Waals surface area contributed by atoms with Crippen molar-refractivity contribution in [3.63, 3.8) is 0 Å². The highest BCUT2D eigenvalue weighted by Gasteiger charge is 2.17. The van der Waals surface area contributed by atoms with E-state index in [4.69, 9.17) is 4.43 Å². The van der Waals surface area contributed by atoms with Gasteiger partial charge < -0.3 is 4.43 Å². The first-order valence-electron chi connectivity index (χ1n) is 4.46. The van der Waals surface area contributed by atoms with Gasteiger partial charge in [0.1, 0.15) is 5.76 Å². The van der Waals surface area contributed by atoms with Crippen LogP contribution in [0.15, 0.2) is 34.8 Å². The molecule has 0 heterocycles. The predicted molar refractivity (Wildman–Crippen MR) is 55.8 cm³/mol. The molecule has 13 heavy (non-hydrogen) atoms. The Kier molecular flexibility index (Phi) is 3.23. The van der Waals surface area contributed by atoms with Crippen molar-refractivity contribution in [3.05, 3.63) is 34.8 Å². The maximum absolute atomic E-state index is 5.81. The summed E-state index contributed by atoms with van der Waals surface area (Å²) >= 11 is 0. The highest BCUT2D eigenvalue weighted by molar-refractivity contribution is 6.70. The molecule has 0 atom stereocenters. The van der Waals surface area contributed by atoms with Crippen molar-refractivity contribution >= 4 is 8.32 Å². The van der Waals surface area contributed by atoms with Gasteiger partial charge in [0.05, 0.1) is 0 Å². The zero-order valence-corrected chi connectivity index (χ0v) is 9.40. The van der Waals surface area contributed by atoms with E-state index in [0.717, 1.165) is 18.6 Å². The molecule has 0 saturated heterocycles. The molecule has 0 radical (unpaired) electrons. The molecule has 68 valence electrons. The van der Waals surface area contributed by atoms with Crippen molar-refractivity contribution in [2.24, 2.45) is 0 Å². The van der Waals surface area contributed by atoms with E-state index in [9.17, 15) is 0 Å². The second kappa shape index (κ2) is 4.21. The van der Waals surface area contributed by atoms with Crippen LogP contribution in [0.2, 0.25) is 19.6 Å². The molecule has 0 aromatic heterocycles. The Morgan fingerprint density at radius 3 is 2.77 bits per heavy atom. The van der Waals surface area contributed by atoms with Crippen LogP contribution < -0.4 is 0 Å². The molecule has 0 saturated carbocycles. The standard InChI is InChI=1S/C11H14OSi/c1-13(2,3)12-11-9-7-5-4-6-8-10-11/h5H,7,9H2,1-3H3. The Hall–Kier alpha value is -1.12. The van der Waals surface area contributed by atoms with Gasteiger partial charge in [-0.15, -0.1) is 0 Å². The van der Waals surface area contributed by atoms with Gasteiger partial charge in [-0.25, -0.2) is 0 Å². The van der Waals surface area contributed by atoms with E-state index < -0.39 is 8.32 Å². The average Bonchev–Trinajstić information content (AvgIpc) is 1.92. The molecular weight excluding hydrogens is 176 g/mol. The molecule has 2 heteroatoms. The molecule has 1 aliphatic carbocycles. The Labute approximate surface area is 80.6 Å². The third kappa shape index (κ3) is 4.45. The van der Waals surface area contributed by atoms with Crippen LogP contribution in [0.5, 0.6) is 0 Å². The van der Waals surface area contributed by atoms with Crippen LogP contribution in [-0.4, -0.2) is 8.32 Å². The fraction of sp³-hybridized carbons (Fsp3) is 0.455. The minimum absolute atomic E-state index is 0.895. The summed E-state index contributed by atoms with van der Waals surface area (Å²) in [4.78, 5) is 0. The molecule has 0 spiro atoms. The minimum atomic E-state index is -1.49. The molecule has 0 aromatic rings. The molecule has 0 aromatic carbocycles. The van der Waals surface area contributed by atoms with Crippen molar-refractivity contribution < 1.29 is 4.43 Å². The zero-order valence-electron chi connectivity index (χ0n) is 8.40. The lowest BCUT2D eigenvalue weighted by Crippen LogP contribution is -2.24. The summed E-state index contributed by atoms with van der Waals surface area (Å²) in [7, 11) is -1.49. The first-order chi connectivity index (χ1) is 6.08. The topological polar surface area (TPSA) is 9.23 Å². The fourth-order valence-electron chi connectivity index (χ4n) is 0.972. The van der Waals surface area contributed by atoms with E-state index in [1.54, 1.807) is 0 Å². The Bertz CT molecular complexity index is 348. The second-order valence-corrected chi connectivity index (χ2v) is 8.33. The largest absolute Gasteiger partial charge is 0.541 e. The van der Waals surface area contributed by atoms with Crippen LogP contribution in [-0.2, 0) is 4.43 Å². The smallest absolute Gasteiger partial charge is 0.242 e. The summed E-state index contributed by atoms with van der Waals surface area (Å²) in [5, 5.41) is 0. The van der Waals surface area contributed by atoms with Gasteiger partial charge in [0, 0.05) is 6.42 Å². The van der Waals surface area contributed by atoms with Gasteiger partial charge in [0.15, 0.2) is 0 Å². The second-order valence-electron chi connectivity index (χ2n) is 3.90. The SMILES string of the molecule is C[Si](C)(C)OC1=C=C=C=C=CCC1. The van der Waals surface area contributed by atoms with E-state index in [-0.39, 0.29) is 0 Å². The van der Waals surface area contributed by atoms with Gasteiger partial charge in [-0.3, -0.25) is 0 Å². The third-order valence-electron chi connectivity index (χ3n) is 1.38. The monoisotopic (exact) mass is 190 g/mol. The molecule has 0 amide bonds. The van der Waals surface area contributed by atoms with Gasteiger partial charge in [-0.1, -0.05) is 5.73 Å². The number of allylic oxidation sites excluding steroid dienone is 2. The van der Waals surface area contributed by atoms with Crippen LogP contribution in [0, 0.1) is 0 Å². The van der Waals surface area contributed by atoms with Gasteiger partial charge in [0.2, 0.25) is 8.32 Å². The zero-order chi connectivity index (χ0) is 9.73. The predicted octanol–water partition coefficient (Wildman–Crippen LogP) is 3.14. The fourth-order valence-corrected chi connectivity index (χ4v) is 1.86. The van der Waals surface area contributed by atoms with Gasteiger partial charge in [-0.05, 0) is 49.3 Å². The maximum Gasteiger partial charge on any atom is 0.242 e. The minimum Gasteiger partial charge on any atom is -0.541 e. The summed E-state index contributed by atoms with van der Waals surface area (Å²) < 4.78 is 5.81. The van der Waals surface area contributed by atoms with E-state index in [2.05, 4.69) is 42.6 Å². The van der Waals surface area contributed by atoms with Crippen LogP contribution in [0.4, 0.5) is 0 Å². The number of hydrogen-bond donors (Lipinski definition) is 0. The Balaban J connectivity index is 2.89. The lowest BCUT2D eigenvalue weighted by Gasteiger charge is -2.19. The summed E-state index contributed by atoms with van der Waals surface area (Å²) in [5.41, 5.74) is 11.4. The first-order valence-corrected chi connectivity index (χ1v) is 7.87. The summed E-state index contributed by atoms with van der Waals surface area (Å²) in [6, 6.07) is 0. The van der Waals surface area contributed by atoms with Crippen LogP contribution in [0.25, 0.3) is 0 Å². The highest BCUT2D eigenvalue weighted by atomic mass is 28.4. The van der Waals surface area contributed by atoms with E-state index in [1.807, 2.05) is 6.08 Å². The maximum atomic E-state index is 5.81. The van der Waals surface area contributed by atoms with E-state index in [0.29, 0.717) is 0 Å². The summed E-state index contributed by atoms with van der Waals surface area (Å²) in [6.45, 7) is 6.49. The molecule has 0 unspecified atom stereocenters. The van der Waals surface area contributed by atoms with Crippen LogP contribution in [0.1, 0.15) is 12.8 Å². The normalized spacial score (nSPS) is 15.2. The summed E-state index contributed by atoms with van der Waals surface area (Å²) in [5.74, 6) is 0.907. The lowest BCUT2D eigenvalue weighted by molar-refractivity contribution is 0.402. The van der Waals surface area contributed by atoms with Gasteiger partial charge in [0.25, 0.3) is 0 Å².